The Kier molecular flexibility index (Phi) is 6.75. The highest BCUT2D eigenvalue weighted by molar-refractivity contribution is 8.14. The smallest absolute Gasteiger partial charge is 0.105 e. The van der Waals surface area contributed by atoms with E-state index in [2.05, 4.69) is 92.1 Å². The molecule has 130 valence electrons. The third-order valence-electron chi connectivity index (χ3n) is 3.64. The Hall–Kier alpha value is -2.23. The maximum atomic E-state index is 4.92. The third kappa shape index (κ3) is 5.65. The summed E-state index contributed by atoms with van der Waals surface area (Å²) in [7, 11) is 0. The average molecular weight is 376 g/mol. The van der Waals surface area contributed by atoms with Gasteiger partial charge in [-0.1, -0.05) is 72.1 Å². The molecule has 0 saturated carbocycles. The van der Waals surface area contributed by atoms with E-state index in [-0.39, 0.29) is 0 Å². The van der Waals surface area contributed by atoms with Crippen LogP contribution in [0, 0.1) is 6.92 Å². The standard InChI is InChI=1S/C23H21NS2/c1-18-10-9-11-20(16-18)24-23(26-22-14-7-4-8-15-22)19(2)17-25-21-12-5-3-6-13-21/h3-17H,1-2H3/b19-17+,24-23-. The number of aryl methyl sites for hydroxylation is 1. The van der Waals surface area contributed by atoms with Crippen LogP contribution < -0.4 is 0 Å². The first-order valence-corrected chi connectivity index (χ1v) is 10.2. The van der Waals surface area contributed by atoms with Crippen LogP contribution in [0.2, 0.25) is 0 Å². The number of nitrogens with zero attached hydrogens (tertiary/aromatic N) is 1. The molecule has 0 heterocycles. The minimum absolute atomic E-state index is 0.987. The number of rotatable bonds is 5. The van der Waals surface area contributed by atoms with Crippen LogP contribution in [-0.4, -0.2) is 5.04 Å². The summed E-state index contributed by atoms with van der Waals surface area (Å²) in [6.45, 7) is 4.22. The van der Waals surface area contributed by atoms with Gasteiger partial charge in [0.25, 0.3) is 0 Å². The molecular formula is C23H21NS2. The van der Waals surface area contributed by atoms with Crippen molar-refractivity contribution in [3.8, 4) is 0 Å². The van der Waals surface area contributed by atoms with Crippen molar-refractivity contribution in [2.24, 2.45) is 4.99 Å². The van der Waals surface area contributed by atoms with Gasteiger partial charge >= 0.3 is 0 Å². The summed E-state index contributed by atoms with van der Waals surface area (Å²) < 4.78 is 0. The fraction of sp³-hybridized carbons (Fsp3) is 0.0870. The van der Waals surface area contributed by atoms with Gasteiger partial charge in [-0.05, 0) is 66.8 Å². The van der Waals surface area contributed by atoms with Crippen LogP contribution >= 0.6 is 23.5 Å². The summed E-state index contributed by atoms with van der Waals surface area (Å²) in [5.41, 5.74) is 3.37. The lowest BCUT2D eigenvalue weighted by Gasteiger charge is -2.08. The molecular weight excluding hydrogens is 354 g/mol. The number of hydrogen-bond acceptors (Lipinski definition) is 3. The fourth-order valence-corrected chi connectivity index (χ4v) is 4.01. The minimum atomic E-state index is 0.987. The number of thioether (sulfide) groups is 2. The maximum Gasteiger partial charge on any atom is 0.105 e. The van der Waals surface area contributed by atoms with Gasteiger partial charge in [-0.25, -0.2) is 4.99 Å². The monoisotopic (exact) mass is 375 g/mol. The zero-order chi connectivity index (χ0) is 18.2. The summed E-state index contributed by atoms with van der Waals surface area (Å²) in [5.74, 6) is 0. The van der Waals surface area contributed by atoms with Gasteiger partial charge in [0.1, 0.15) is 5.04 Å². The first-order chi connectivity index (χ1) is 12.7. The number of aliphatic imine (C=N–C) groups is 1. The summed E-state index contributed by atoms with van der Waals surface area (Å²) in [6.07, 6.45) is 0. The van der Waals surface area contributed by atoms with Crippen molar-refractivity contribution in [1.29, 1.82) is 0 Å². The molecule has 1 nitrogen and oxygen atoms in total. The van der Waals surface area contributed by atoms with Crippen LogP contribution in [-0.2, 0) is 0 Å². The van der Waals surface area contributed by atoms with Crippen molar-refractivity contribution in [3.63, 3.8) is 0 Å². The molecule has 0 saturated heterocycles. The normalized spacial score (nSPS) is 12.2. The van der Waals surface area contributed by atoms with Crippen LogP contribution in [0.5, 0.6) is 0 Å². The van der Waals surface area contributed by atoms with E-state index in [1.165, 1.54) is 15.4 Å². The lowest BCUT2D eigenvalue weighted by molar-refractivity contribution is 1.42. The van der Waals surface area contributed by atoms with E-state index in [1.807, 2.05) is 12.1 Å². The zero-order valence-electron chi connectivity index (χ0n) is 14.9. The minimum Gasteiger partial charge on any atom is -0.241 e. The lowest BCUT2D eigenvalue weighted by Crippen LogP contribution is -1.94. The summed E-state index contributed by atoms with van der Waals surface area (Å²) in [4.78, 5) is 7.34. The second kappa shape index (κ2) is 9.46. The van der Waals surface area contributed by atoms with E-state index < -0.39 is 0 Å². The van der Waals surface area contributed by atoms with Gasteiger partial charge in [-0.2, -0.15) is 0 Å². The molecule has 26 heavy (non-hydrogen) atoms. The third-order valence-corrected chi connectivity index (χ3v) is 5.77. The molecule has 0 aliphatic carbocycles. The highest BCUT2D eigenvalue weighted by atomic mass is 32.2. The van der Waals surface area contributed by atoms with Crippen LogP contribution in [0.4, 0.5) is 5.69 Å². The summed E-state index contributed by atoms with van der Waals surface area (Å²) >= 11 is 3.43. The topological polar surface area (TPSA) is 12.4 Å². The van der Waals surface area contributed by atoms with Gasteiger partial charge in [0, 0.05) is 9.79 Å². The van der Waals surface area contributed by atoms with Gasteiger partial charge in [0.15, 0.2) is 0 Å². The summed E-state index contributed by atoms with van der Waals surface area (Å²) in [6, 6.07) is 29.1. The molecule has 3 heteroatoms. The highest BCUT2D eigenvalue weighted by Gasteiger charge is 2.07. The molecule has 3 rings (SSSR count). The van der Waals surface area contributed by atoms with Gasteiger partial charge in [-0.3, -0.25) is 0 Å². The predicted molar refractivity (Wildman–Crippen MR) is 117 cm³/mol. The Labute approximate surface area is 164 Å². The first-order valence-electron chi connectivity index (χ1n) is 8.48. The van der Waals surface area contributed by atoms with E-state index in [0.29, 0.717) is 0 Å². The van der Waals surface area contributed by atoms with Crippen molar-refractivity contribution >= 4 is 34.3 Å². The largest absolute Gasteiger partial charge is 0.241 e. The second-order valence-electron chi connectivity index (χ2n) is 5.90. The predicted octanol–water partition coefficient (Wildman–Crippen LogP) is 7.51. The molecule has 0 aliphatic heterocycles. The zero-order valence-corrected chi connectivity index (χ0v) is 16.6. The molecule has 0 atom stereocenters. The SMILES string of the molecule is CC(=C\Sc1ccccc1)/C(=N/c1cccc(C)c1)Sc1ccccc1. The average Bonchev–Trinajstić information content (AvgIpc) is 2.67. The molecule has 0 unspecified atom stereocenters. The lowest BCUT2D eigenvalue weighted by atomic mass is 10.2. The number of benzene rings is 3. The molecule has 0 N–H and O–H groups in total. The van der Waals surface area contributed by atoms with E-state index in [4.69, 9.17) is 4.99 Å². The Bertz CT molecular complexity index is 900. The molecule has 0 fully saturated rings. The molecule has 0 radical (unpaired) electrons. The number of hydrogen-bond donors (Lipinski definition) is 0. The molecule has 3 aromatic rings. The Morgan fingerprint density at radius 2 is 1.46 bits per heavy atom. The molecule has 3 aromatic carbocycles. The van der Waals surface area contributed by atoms with Crippen LogP contribution in [0.1, 0.15) is 12.5 Å². The van der Waals surface area contributed by atoms with Crippen LogP contribution in [0.15, 0.2) is 111 Å². The maximum absolute atomic E-state index is 4.92. The van der Waals surface area contributed by atoms with Gasteiger partial charge < -0.3 is 0 Å². The quantitative estimate of drug-likeness (QED) is 0.260. The molecule has 0 aliphatic rings. The van der Waals surface area contributed by atoms with E-state index in [0.717, 1.165) is 16.3 Å². The van der Waals surface area contributed by atoms with Crippen LogP contribution in [0.3, 0.4) is 0 Å². The van der Waals surface area contributed by atoms with Crippen molar-refractivity contribution in [2.45, 2.75) is 23.6 Å². The van der Waals surface area contributed by atoms with Crippen molar-refractivity contribution < 1.29 is 0 Å². The van der Waals surface area contributed by atoms with Gasteiger partial charge in [0.05, 0.1) is 5.69 Å². The Morgan fingerprint density at radius 1 is 0.808 bits per heavy atom. The molecule has 0 spiro atoms. The van der Waals surface area contributed by atoms with E-state index in [9.17, 15) is 0 Å². The van der Waals surface area contributed by atoms with Crippen molar-refractivity contribution in [3.05, 3.63) is 101 Å². The highest BCUT2D eigenvalue weighted by Crippen LogP contribution is 2.29. The second-order valence-corrected chi connectivity index (χ2v) is 7.91. The molecule has 0 bridgehead atoms. The van der Waals surface area contributed by atoms with Gasteiger partial charge in [-0.15, -0.1) is 0 Å². The van der Waals surface area contributed by atoms with E-state index >= 15 is 0 Å². The molecule has 0 aromatic heterocycles. The van der Waals surface area contributed by atoms with Crippen molar-refractivity contribution in [2.75, 3.05) is 0 Å². The van der Waals surface area contributed by atoms with E-state index in [1.54, 1.807) is 23.5 Å². The summed E-state index contributed by atoms with van der Waals surface area (Å²) in [5, 5.41) is 3.20. The van der Waals surface area contributed by atoms with Crippen LogP contribution in [0.25, 0.3) is 0 Å². The Morgan fingerprint density at radius 3 is 2.12 bits per heavy atom. The van der Waals surface area contributed by atoms with Crippen molar-refractivity contribution in [1.82, 2.24) is 0 Å². The van der Waals surface area contributed by atoms with Gasteiger partial charge in [0.2, 0.25) is 0 Å². The Balaban J connectivity index is 1.88. The fourth-order valence-electron chi connectivity index (χ4n) is 2.31. The first kappa shape index (κ1) is 18.6. The molecule has 0 amide bonds.